The second kappa shape index (κ2) is 6.49. The van der Waals surface area contributed by atoms with Gasteiger partial charge >= 0.3 is 0 Å². The molecule has 0 unspecified atom stereocenters. The van der Waals surface area contributed by atoms with Crippen molar-refractivity contribution >= 4 is 22.9 Å². The van der Waals surface area contributed by atoms with Gasteiger partial charge in [0.15, 0.2) is 0 Å². The van der Waals surface area contributed by atoms with Gasteiger partial charge < -0.3 is 5.11 Å². The van der Waals surface area contributed by atoms with Crippen LogP contribution in [0.15, 0.2) is 41.8 Å². The van der Waals surface area contributed by atoms with Crippen molar-refractivity contribution in [3.05, 3.63) is 69.4 Å². The third-order valence-corrected chi connectivity index (χ3v) is 4.04. The number of carbonyl (C=O) groups excluding carboxylic acids is 1. The topological polar surface area (TPSA) is 91.8 Å². The summed E-state index contributed by atoms with van der Waals surface area (Å²) in [6.45, 7) is 0. The monoisotopic (exact) mass is 330 g/mol. The number of thiophene rings is 1. The highest BCUT2D eigenvalue weighted by Gasteiger charge is 2.12. The minimum atomic E-state index is -0.545. The number of hydrogen-bond acceptors (Lipinski definition) is 6. The molecule has 0 saturated heterocycles. The summed E-state index contributed by atoms with van der Waals surface area (Å²) in [6, 6.07) is 8.09. The molecule has 0 spiro atoms. The number of allylic oxidation sites excluding steroid dienone is 1. The molecule has 2 aromatic heterocycles. The number of aliphatic hydroxyl groups excluding tert-OH is 1. The fourth-order valence-electron chi connectivity index (χ4n) is 2.01. The van der Waals surface area contributed by atoms with E-state index in [2.05, 4.69) is 20.6 Å². The van der Waals surface area contributed by atoms with Crippen molar-refractivity contribution in [3.63, 3.8) is 0 Å². The van der Waals surface area contributed by atoms with E-state index >= 15 is 0 Å². The molecule has 23 heavy (non-hydrogen) atoms. The SMILES string of the molecule is O=C(C=C(O)c1cc(Cc2cccc(F)c2)cs1)c1nn[nH]n1. The van der Waals surface area contributed by atoms with E-state index in [-0.39, 0.29) is 17.4 Å². The maximum atomic E-state index is 13.2. The van der Waals surface area contributed by atoms with Gasteiger partial charge in [0.25, 0.3) is 0 Å². The van der Waals surface area contributed by atoms with Crippen molar-refractivity contribution in [1.29, 1.82) is 0 Å². The average Bonchev–Trinajstić information content (AvgIpc) is 3.18. The summed E-state index contributed by atoms with van der Waals surface area (Å²) in [7, 11) is 0. The second-order valence-electron chi connectivity index (χ2n) is 4.76. The van der Waals surface area contributed by atoms with Crippen LogP contribution in [0.1, 0.15) is 26.6 Å². The Kier molecular flexibility index (Phi) is 4.24. The fourth-order valence-corrected chi connectivity index (χ4v) is 2.84. The van der Waals surface area contributed by atoms with Crippen LogP contribution < -0.4 is 0 Å². The number of benzene rings is 1. The smallest absolute Gasteiger partial charge is 0.244 e. The number of carbonyl (C=O) groups is 1. The molecule has 0 amide bonds. The third kappa shape index (κ3) is 3.67. The molecule has 3 rings (SSSR count). The van der Waals surface area contributed by atoms with E-state index < -0.39 is 5.78 Å². The molecule has 0 bridgehead atoms. The van der Waals surface area contributed by atoms with Gasteiger partial charge in [0.05, 0.1) is 4.88 Å². The predicted molar refractivity (Wildman–Crippen MR) is 82.6 cm³/mol. The molecular weight excluding hydrogens is 319 g/mol. The number of rotatable bonds is 5. The first kappa shape index (κ1) is 15.0. The van der Waals surface area contributed by atoms with Crippen LogP contribution in [0.25, 0.3) is 5.76 Å². The molecule has 8 heteroatoms. The molecule has 3 aromatic rings. The lowest BCUT2D eigenvalue weighted by Gasteiger charge is -1.98. The van der Waals surface area contributed by atoms with Gasteiger partial charge in [0.1, 0.15) is 11.6 Å². The molecule has 0 saturated carbocycles. The normalized spacial score (nSPS) is 11.6. The first-order chi connectivity index (χ1) is 11.1. The van der Waals surface area contributed by atoms with Gasteiger partial charge in [0, 0.05) is 6.08 Å². The number of aliphatic hydroxyl groups is 1. The lowest BCUT2D eigenvalue weighted by molar-refractivity contribution is 0.103. The Labute approximate surface area is 134 Å². The summed E-state index contributed by atoms with van der Waals surface area (Å²) in [5, 5.41) is 24.4. The van der Waals surface area contributed by atoms with Crippen molar-refractivity contribution in [2.45, 2.75) is 6.42 Å². The van der Waals surface area contributed by atoms with Gasteiger partial charge in [0.2, 0.25) is 11.6 Å². The largest absolute Gasteiger partial charge is 0.506 e. The summed E-state index contributed by atoms with van der Waals surface area (Å²) >= 11 is 1.29. The zero-order valence-electron chi connectivity index (χ0n) is 11.7. The summed E-state index contributed by atoms with van der Waals surface area (Å²) in [4.78, 5) is 12.3. The molecule has 2 N–H and O–H groups in total. The van der Waals surface area contributed by atoms with Crippen molar-refractivity contribution < 1.29 is 14.3 Å². The Bertz CT molecular complexity index is 858. The molecule has 2 heterocycles. The Hall–Kier alpha value is -2.87. The third-order valence-electron chi connectivity index (χ3n) is 3.04. The van der Waals surface area contributed by atoms with Crippen LogP contribution in [-0.4, -0.2) is 31.5 Å². The fraction of sp³-hybridized carbons (Fsp3) is 0.0667. The molecule has 0 radical (unpaired) electrons. The standard InChI is InChI=1S/C15H11FN4O2S/c16-11-3-1-2-9(5-11)4-10-6-14(23-8-10)12(21)7-13(22)15-17-19-20-18-15/h1-3,5-8,21H,4H2,(H,17,18,19,20). The van der Waals surface area contributed by atoms with Crippen LogP contribution in [0.3, 0.4) is 0 Å². The summed E-state index contributed by atoms with van der Waals surface area (Å²) < 4.78 is 13.2. The Morgan fingerprint density at radius 1 is 1.35 bits per heavy atom. The molecule has 6 nitrogen and oxygen atoms in total. The van der Waals surface area contributed by atoms with Gasteiger partial charge in [-0.05, 0) is 46.3 Å². The van der Waals surface area contributed by atoms with Crippen molar-refractivity contribution in [2.75, 3.05) is 0 Å². The first-order valence-corrected chi connectivity index (χ1v) is 7.50. The molecule has 0 atom stereocenters. The maximum absolute atomic E-state index is 13.2. The quantitative estimate of drug-likeness (QED) is 0.426. The molecule has 0 fully saturated rings. The first-order valence-electron chi connectivity index (χ1n) is 6.62. The van der Waals surface area contributed by atoms with E-state index in [1.54, 1.807) is 12.1 Å². The zero-order valence-corrected chi connectivity index (χ0v) is 12.5. The van der Waals surface area contributed by atoms with Crippen molar-refractivity contribution in [2.24, 2.45) is 0 Å². The minimum Gasteiger partial charge on any atom is -0.506 e. The highest BCUT2D eigenvalue weighted by Crippen LogP contribution is 2.23. The summed E-state index contributed by atoms with van der Waals surface area (Å²) in [6.07, 6.45) is 1.59. The van der Waals surface area contributed by atoms with Crippen LogP contribution >= 0.6 is 11.3 Å². The highest BCUT2D eigenvalue weighted by molar-refractivity contribution is 7.11. The molecule has 0 aliphatic rings. The highest BCUT2D eigenvalue weighted by atomic mass is 32.1. The second-order valence-corrected chi connectivity index (χ2v) is 5.67. The van der Waals surface area contributed by atoms with E-state index in [0.29, 0.717) is 11.3 Å². The van der Waals surface area contributed by atoms with Crippen LogP contribution in [0.4, 0.5) is 4.39 Å². The lowest BCUT2D eigenvalue weighted by Crippen LogP contribution is -1.99. The number of nitrogens with zero attached hydrogens (tertiary/aromatic N) is 3. The molecular formula is C15H11FN4O2S. The Morgan fingerprint density at radius 2 is 2.22 bits per heavy atom. The van der Waals surface area contributed by atoms with Crippen molar-refractivity contribution in [3.8, 4) is 0 Å². The van der Waals surface area contributed by atoms with E-state index in [1.165, 1.54) is 23.5 Å². The lowest BCUT2D eigenvalue weighted by atomic mass is 10.1. The number of aromatic nitrogens is 4. The number of tetrazole rings is 1. The summed E-state index contributed by atoms with van der Waals surface area (Å²) in [5.41, 5.74) is 1.75. The zero-order chi connectivity index (χ0) is 16.2. The molecule has 1 aromatic carbocycles. The van der Waals surface area contributed by atoms with Gasteiger partial charge in [-0.15, -0.1) is 21.5 Å². The number of halogens is 1. The van der Waals surface area contributed by atoms with Gasteiger partial charge in [-0.1, -0.05) is 12.1 Å². The van der Waals surface area contributed by atoms with Crippen LogP contribution in [0, 0.1) is 5.82 Å². The number of hydrogen-bond donors (Lipinski definition) is 2. The van der Waals surface area contributed by atoms with Crippen LogP contribution in [-0.2, 0) is 6.42 Å². The minimum absolute atomic E-state index is 0.118. The Balaban J connectivity index is 1.75. The molecule has 0 aliphatic heterocycles. The van der Waals surface area contributed by atoms with Crippen molar-refractivity contribution in [1.82, 2.24) is 20.6 Å². The van der Waals surface area contributed by atoms with E-state index in [9.17, 15) is 14.3 Å². The van der Waals surface area contributed by atoms with Gasteiger partial charge in [-0.3, -0.25) is 4.79 Å². The van der Waals surface area contributed by atoms with E-state index in [4.69, 9.17) is 0 Å². The van der Waals surface area contributed by atoms with Gasteiger partial charge in [-0.2, -0.15) is 5.21 Å². The molecule has 116 valence electrons. The van der Waals surface area contributed by atoms with Gasteiger partial charge in [-0.25, -0.2) is 4.39 Å². The Morgan fingerprint density at radius 3 is 2.96 bits per heavy atom. The summed E-state index contributed by atoms with van der Waals surface area (Å²) in [5.74, 6) is -1.12. The molecule has 0 aliphatic carbocycles. The number of aromatic amines is 1. The number of H-pyrrole nitrogens is 1. The van der Waals surface area contributed by atoms with Crippen LogP contribution in [0.2, 0.25) is 0 Å². The van der Waals surface area contributed by atoms with Crippen LogP contribution in [0.5, 0.6) is 0 Å². The number of ketones is 1. The van der Waals surface area contributed by atoms with E-state index in [0.717, 1.165) is 17.2 Å². The van der Waals surface area contributed by atoms with E-state index in [1.807, 2.05) is 11.4 Å². The average molecular weight is 330 g/mol. The number of nitrogens with one attached hydrogen (secondary N) is 1. The predicted octanol–water partition coefficient (Wildman–Crippen LogP) is 2.77. The maximum Gasteiger partial charge on any atom is 0.244 e.